The molecule has 1 aliphatic carbocycles. The van der Waals surface area contributed by atoms with Crippen molar-refractivity contribution in [3.8, 4) is 0 Å². The number of guanidine groups is 1. The van der Waals surface area contributed by atoms with E-state index in [9.17, 15) is 0 Å². The summed E-state index contributed by atoms with van der Waals surface area (Å²) in [6, 6.07) is 11.6. The summed E-state index contributed by atoms with van der Waals surface area (Å²) < 4.78 is 1.99. The van der Waals surface area contributed by atoms with Crippen LogP contribution in [0.3, 0.4) is 0 Å². The summed E-state index contributed by atoms with van der Waals surface area (Å²) in [5.41, 5.74) is 1.42. The third kappa shape index (κ3) is 3.42. The highest BCUT2D eigenvalue weighted by molar-refractivity contribution is 5.80. The van der Waals surface area contributed by atoms with Crippen LogP contribution in [0.15, 0.2) is 41.7 Å². The van der Waals surface area contributed by atoms with Crippen LogP contribution in [0, 0.1) is 5.92 Å². The van der Waals surface area contributed by atoms with Gasteiger partial charge in [0.2, 0.25) is 0 Å². The zero-order valence-corrected chi connectivity index (χ0v) is 14.0. The lowest BCUT2D eigenvalue weighted by atomic mass is 10.1. The summed E-state index contributed by atoms with van der Waals surface area (Å²) in [4.78, 5) is 8.67. The molecule has 0 radical (unpaired) electrons. The van der Waals surface area contributed by atoms with Crippen molar-refractivity contribution >= 4 is 5.96 Å². The van der Waals surface area contributed by atoms with Crippen molar-refractivity contribution in [1.82, 2.24) is 25.4 Å². The standard InChI is InChI=1S/C18H24N6/c1-19-18(22-15-7-8-17-20-12-21-24(17)11-15)23-16-10-14(16)9-13-5-3-2-4-6-13/h2-6,12,14-16H,7-11H2,1H3,(H2,19,22,23). The predicted octanol–water partition coefficient (Wildman–Crippen LogP) is 1.39. The monoisotopic (exact) mass is 324 g/mol. The quantitative estimate of drug-likeness (QED) is 0.659. The fourth-order valence-electron chi connectivity index (χ4n) is 3.46. The number of aromatic nitrogens is 3. The molecule has 1 saturated carbocycles. The van der Waals surface area contributed by atoms with Gasteiger partial charge in [-0.15, -0.1) is 0 Å². The Bertz CT molecular complexity index is 707. The normalized spacial score (nSPS) is 25.9. The molecular formula is C18H24N6. The van der Waals surface area contributed by atoms with E-state index in [-0.39, 0.29) is 0 Å². The average Bonchev–Trinajstić information content (AvgIpc) is 3.16. The summed E-state index contributed by atoms with van der Waals surface area (Å²) >= 11 is 0. The first-order valence-corrected chi connectivity index (χ1v) is 8.72. The second kappa shape index (κ2) is 6.63. The molecule has 3 atom stereocenters. The molecule has 1 aromatic heterocycles. The fraction of sp³-hybridized carbons (Fsp3) is 0.500. The minimum absolute atomic E-state index is 0.358. The van der Waals surface area contributed by atoms with Crippen LogP contribution in [0.1, 0.15) is 24.2 Å². The predicted molar refractivity (Wildman–Crippen MR) is 93.8 cm³/mol. The van der Waals surface area contributed by atoms with Crippen LogP contribution in [0.2, 0.25) is 0 Å². The molecule has 4 rings (SSSR count). The molecule has 126 valence electrons. The van der Waals surface area contributed by atoms with Gasteiger partial charge in [-0.25, -0.2) is 9.67 Å². The second-order valence-electron chi connectivity index (χ2n) is 6.75. The molecule has 0 bridgehead atoms. The lowest BCUT2D eigenvalue weighted by Gasteiger charge is -2.25. The van der Waals surface area contributed by atoms with Crippen molar-refractivity contribution in [2.24, 2.45) is 10.9 Å². The first-order valence-electron chi connectivity index (χ1n) is 8.72. The van der Waals surface area contributed by atoms with E-state index in [1.807, 2.05) is 11.7 Å². The summed E-state index contributed by atoms with van der Waals surface area (Å²) in [6.07, 6.45) is 6.03. The molecule has 2 heterocycles. The summed E-state index contributed by atoms with van der Waals surface area (Å²) in [6.45, 7) is 0.855. The van der Waals surface area contributed by atoms with Gasteiger partial charge in [-0.1, -0.05) is 30.3 Å². The zero-order valence-electron chi connectivity index (χ0n) is 14.0. The molecule has 1 aliphatic heterocycles. The van der Waals surface area contributed by atoms with Gasteiger partial charge in [0.05, 0.1) is 6.54 Å². The summed E-state index contributed by atoms with van der Waals surface area (Å²) in [7, 11) is 1.84. The molecule has 2 aliphatic rings. The molecule has 2 aromatic rings. The lowest BCUT2D eigenvalue weighted by Crippen LogP contribution is -2.48. The average molecular weight is 324 g/mol. The van der Waals surface area contributed by atoms with E-state index in [4.69, 9.17) is 0 Å². The Morgan fingerprint density at radius 3 is 3.00 bits per heavy atom. The van der Waals surface area contributed by atoms with E-state index in [1.54, 1.807) is 6.33 Å². The number of aliphatic imine (C=N–C) groups is 1. The van der Waals surface area contributed by atoms with Crippen LogP contribution in [0.25, 0.3) is 0 Å². The van der Waals surface area contributed by atoms with Crippen molar-refractivity contribution in [3.05, 3.63) is 48.0 Å². The molecule has 2 N–H and O–H groups in total. The fourth-order valence-corrected chi connectivity index (χ4v) is 3.46. The maximum atomic E-state index is 4.40. The highest BCUT2D eigenvalue weighted by Gasteiger charge is 2.37. The van der Waals surface area contributed by atoms with Gasteiger partial charge >= 0.3 is 0 Å². The van der Waals surface area contributed by atoms with Gasteiger partial charge < -0.3 is 10.6 Å². The number of fused-ring (bicyclic) bond motifs is 1. The minimum atomic E-state index is 0.358. The molecule has 1 aromatic carbocycles. The number of hydrogen-bond donors (Lipinski definition) is 2. The Balaban J connectivity index is 1.27. The highest BCUT2D eigenvalue weighted by atomic mass is 15.4. The number of benzene rings is 1. The lowest BCUT2D eigenvalue weighted by molar-refractivity contribution is 0.392. The molecular weight excluding hydrogens is 300 g/mol. The Hall–Kier alpha value is -2.37. The first kappa shape index (κ1) is 15.2. The van der Waals surface area contributed by atoms with E-state index in [0.29, 0.717) is 18.0 Å². The summed E-state index contributed by atoms with van der Waals surface area (Å²) in [5.74, 6) is 2.70. The largest absolute Gasteiger partial charge is 0.353 e. The van der Waals surface area contributed by atoms with Gasteiger partial charge in [0.15, 0.2) is 5.96 Å². The Labute approximate surface area is 142 Å². The Kier molecular flexibility index (Phi) is 4.19. The second-order valence-corrected chi connectivity index (χ2v) is 6.75. The van der Waals surface area contributed by atoms with E-state index in [0.717, 1.165) is 37.6 Å². The number of hydrogen-bond acceptors (Lipinski definition) is 3. The van der Waals surface area contributed by atoms with Crippen LogP contribution < -0.4 is 10.6 Å². The molecule has 6 nitrogen and oxygen atoms in total. The third-order valence-electron chi connectivity index (χ3n) is 4.96. The number of nitrogens with one attached hydrogen (secondary N) is 2. The van der Waals surface area contributed by atoms with E-state index in [2.05, 4.69) is 56.0 Å². The topological polar surface area (TPSA) is 67.1 Å². The number of aryl methyl sites for hydroxylation is 1. The third-order valence-corrected chi connectivity index (χ3v) is 4.96. The Morgan fingerprint density at radius 2 is 2.17 bits per heavy atom. The van der Waals surface area contributed by atoms with Gasteiger partial charge in [0.1, 0.15) is 12.2 Å². The maximum absolute atomic E-state index is 4.40. The molecule has 0 saturated heterocycles. The van der Waals surface area contributed by atoms with Crippen LogP contribution >= 0.6 is 0 Å². The summed E-state index contributed by atoms with van der Waals surface area (Å²) in [5, 5.41) is 11.4. The van der Waals surface area contributed by atoms with Gasteiger partial charge in [-0.2, -0.15) is 5.10 Å². The molecule has 0 amide bonds. The van der Waals surface area contributed by atoms with Gasteiger partial charge in [0, 0.05) is 25.6 Å². The number of nitrogens with zero attached hydrogens (tertiary/aromatic N) is 4. The maximum Gasteiger partial charge on any atom is 0.191 e. The number of rotatable bonds is 4. The first-order chi connectivity index (χ1) is 11.8. The molecule has 1 fully saturated rings. The van der Waals surface area contributed by atoms with E-state index < -0.39 is 0 Å². The molecule has 3 unspecified atom stereocenters. The smallest absolute Gasteiger partial charge is 0.191 e. The van der Waals surface area contributed by atoms with Crippen LogP contribution in [-0.2, 0) is 19.4 Å². The SMILES string of the molecule is CN=C(NC1CCc2ncnn2C1)NC1CC1Cc1ccccc1. The van der Waals surface area contributed by atoms with Crippen LogP contribution in [0.5, 0.6) is 0 Å². The minimum Gasteiger partial charge on any atom is -0.353 e. The van der Waals surface area contributed by atoms with Crippen LogP contribution in [-0.4, -0.2) is 39.9 Å². The van der Waals surface area contributed by atoms with Gasteiger partial charge in [0.25, 0.3) is 0 Å². The van der Waals surface area contributed by atoms with Gasteiger partial charge in [-0.3, -0.25) is 4.99 Å². The van der Waals surface area contributed by atoms with Gasteiger partial charge in [-0.05, 0) is 30.7 Å². The van der Waals surface area contributed by atoms with Crippen molar-refractivity contribution in [3.63, 3.8) is 0 Å². The van der Waals surface area contributed by atoms with Crippen molar-refractivity contribution in [2.75, 3.05) is 7.05 Å². The molecule has 24 heavy (non-hydrogen) atoms. The highest BCUT2D eigenvalue weighted by Crippen LogP contribution is 2.33. The zero-order chi connectivity index (χ0) is 16.4. The van der Waals surface area contributed by atoms with Crippen molar-refractivity contribution < 1.29 is 0 Å². The van der Waals surface area contributed by atoms with E-state index >= 15 is 0 Å². The Morgan fingerprint density at radius 1 is 1.29 bits per heavy atom. The van der Waals surface area contributed by atoms with E-state index in [1.165, 1.54) is 12.0 Å². The van der Waals surface area contributed by atoms with Crippen molar-refractivity contribution in [1.29, 1.82) is 0 Å². The molecule has 0 spiro atoms. The van der Waals surface area contributed by atoms with Crippen LogP contribution in [0.4, 0.5) is 0 Å². The molecule has 6 heteroatoms. The van der Waals surface area contributed by atoms with Crippen molar-refractivity contribution in [2.45, 2.75) is 44.3 Å².